The Labute approximate surface area is 169 Å². The highest BCUT2D eigenvalue weighted by Gasteiger charge is 2.10. The van der Waals surface area contributed by atoms with Gasteiger partial charge in [0, 0.05) is 12.8 Å². The minimum Gasteiger partial charge on any atom is -0.393 e. The summed E-state index contributed by atoms with van der Waals surface area (Å²) in [6.07, 6.45) is 17.1. The van der Waals surface area contributed by atoms with Gasteiger partial charge < -0.3 is 4.74 Å². The first-order valence-electron chi connectivity index (χ1n) is 11.7. The van der Waals surface area contributed by atoms with E-state index in [2.05, 4.69) is 27.7 Å². The van der Waals surface area contributed by atoms with Crippen molar-refractivity contribution in [1.29, 1.82) is 0 Å². The molecule has 3 nitrogen and oxygen atoms in total. The highest BCUT2D eigenvalue weighted by Crippen LogP contribution is 2.17. The minimum atomic E-state index is -0.340. The van der Waals surface area contributed by atoms with Gasteiger partial charge in [-0.15, -0.1) is 0 Å². The predicted octanol–water partition coefficient (Wildman–Crippen LogP) is 7.61. The van der Waals surface area contributed by atoms with Gasteiger partial charge in [0.2, 0.25) is 0 Å². The average molecular weight is 383 g/mol. The summed E-state index contributed by atoms with van der Waals surface area (Å²) in [5.41, 5.74) is 0. The van der Waals surface area contributed by atoms with E-state index in [4.69, 9.17) is 4.74 Å². The van der Waals surface area contributed by atoms with Crippen LogP contribution < -0.4 is 0 Å². The minimum absolute atomic E-state index is 0.340. The first kappa shape index (κ1) is 26.1. The Kier molecular flexibility index (Phi) is 17.9. The molecule has 27 heavy (non-hydrogen) atoms. The van der Waals surface area contributed by atoms with Crippen molar-refractivity contribution < 1.29 is 14.3 Å². The van der Waals surface area contributed by atoms with Gasteiger partial charge >= 0.3 is 11.9 Å². The zero-order valence-corrected chi connectivity index (χ0v) is 18.7. The Morgan fingerprint density at radius 2 is 0.963 bits per heavy atom. The molecule has 0 aliphatic rings. The summed E-state index contributed by atoms with van der Waals surface area (Å²) in [7, 11) is 0. The molecule has 160 valence electrons. The Balaban J connectivity index is 3.47. The van der Waals surface area contributed by atoms with Crippen molar-refractivity contribution in [3.05, 3.63) is 0 Å². The van der Waals surface area contributed by atoms with E-state index in [-0.39, 0.29) is 11.9 Å². The molecule has 0 aromatic rings. The molecule has 0 N–H and O–H groups in total. The van der Waals surface area contributed by atoms with E-state index in [0.29, 0.717) is 12.8 Å². The van der Waals surface area contributed by atoms with Gasteiger partial charge in [-0.05, 0) is 24.7 Å². The number of esters is 2. The second-order valence-corrected chi connectivity index (χ2v) is 8.54. The molecule has 0 aromatic carbocycles. The lowest BCUT2D eigenvalue weighted by atomic mass is 9.98. The van der Waals surface area contributed by atoms with Crippen molar-refractivity contribution in [1.82, 2.24) is 0 Å². The lowest BCUT2D eigenvalue weighted by Gasteiger charge is -2.09. The topological polar surface area (TPSA) is 43.4 Å². The molecule has 0 saturated heterocycles. The van der Waals surface area contributed by atoms with Crippen LogP contribution in [0.15, 0.2) is 0 Å². The van der Waals surface area contributed by atoms with Crippen LogP contribution >= 0.6 is 0 Å². The Hall–Kier alpha value is -0.860. The Morgan fingerprint density at radius 3 is 1.33 bits per heavy atom. The summed E-state index contributed by atoms with van der Waals surface area (Å²) in [5.74, 6) is 0.954. The molecule has 0 aromatic heterocycles. The number of rotatable bonds is 18. The largest absolute Gasteiger partial charge is 0.393 e. The highest BCUT2D eigenvalue weighted by atomic mass is 16.6. The SMILES string of the molecule is CCCC(C)CCCCCCC(=O)OC(=O)CCCCCCC(C)CCC. The van der Waals surface area contributed by atoms with Crippen LogP contribution in [-0.4, -0.2) is 11.9 Å². The van der Waals surface area contributed by atoms with Crippen LogP contribution in [0.5, 0.6) is 0 Å². The fourth-order valence-corrected chi connectivity index (χ4v) is 3.73. The van der Waals surface area contributed by atoms with E-state index in [1.54, 1.807) is 0 Å². The molecule has 0 spiro atoms. The number of unbranched alkanes of at least 4 members (excludes halogenated alkanes) is 6. The fraction of sp³-hybridized carbons (Fsp3) is 0.917. The van der Waals surface area contributed by atoms with Gasteiger partial charge in [0.05, 0.1) is 0 Å². The molecule has 0 fully saturated rings. The molecule has 0 aliphatic carbocycles. The summed E-state index contributed by atoms with van der Waals surface area (Å²) in [6, 6.07) is 0. The van der Waals surface area contributed by atoms with Crippen LogP contribution in [0.3, 0.4) is 0 Å². The molecule has 0 aliphatic heterocycles. The van der Waals surface area contributed by atoms with Crippen LogP contribution in [0.25, 0.3) is 0 Å². The number of hydrogen-bond donors (Lipinski definition) is 0. The van der Waals surface area contributed by atoms with E-state index >= 15 is 0 Å². The maximum absolute atomic E-state index is 11.7. The fourth-order valence-electron chi connectivity index (χ4n) is 3.73. The zero-order valence-electron chi connectivity index (χ0n) is 18.7. The van der Waals surface area contributed by atoms with Crippen molar-refractivity contribution in [3.8, 4) is 0 Å². The highest BCUT2D eigenvalue weighted by molar-refractivity contribution is 5.85. The molecule has 2 unspecified atom stereocenters. The van der Waals surface area contributed by atoms with Gasteiger partial charge in [-0.25, -0.2) is 0 Å². The molecule has 0 amide bonds. The van der Waals surface area contributed by atoms with Crippen molar-refractivity contribution in [2.45, 2.75) is 130 Å². The first-order chi connectivity index (χ1) is 13.0. The average Bonchev–Trinajstić information content (AvgIpc) is 2.61. The van der Waals surface area contributed by atoms with Crippen molar-refractivity contribution in [2.75, 3.05) is 0 Å². The van der Waals surface area contributed by atoms with E-state index < -0.39 is 0 Å². The van der Waals surface area contributed by atoms with Crippen LogP contribution in [0.2, 0.25) is 0 Å². The summed E-state index contributed by atoms with van der Waals surface area (Å²) in [4.78, 5) is 23.4. The number of ether oxygens (including phenoxy) is 1. The second-order valence-electron chi connectivity index (χ2n) is 8.54. The third-order valence-corrected chi connectivity index (χ3v) is 5.45. The first-order valence-corrected chi connectivity index (χ1v) is 11.7. The summed E-state index contributed by atoms with van der Waals surface area (Å²) >= 11 is 0. The number of carbonyl (C=O) groups is 2. The Morgan fingerprint density at radius 1 is 0.593 bits per heavy atom. The van der Waals surface area contributed by atoms with Gasteiger partial charge in [-0.2, -0.15) is 0 Å². The third-order valence-electron chi connectivity index (χ3n) is 5.45. The van der Waals surface area contributed by atoms with Crippen LogP contribution in [-0.2, 0) is 14.3 Å². The molecular formula is C24H46O3. The molecule has 0 saturated carbocycles. The second kappa shape index (κ2) is 18.5. The lowest BCUT2D eigenvalue weighted by Crippen LogP contribution is -2.11. The Bertz CT molecular complexity index is 331. The van der Waals surface area contributed by atoms with Crippen molar-refractivity contribution >= 4 is 11.9 Å². The lowest BCUT2D eigenvalue weighted by molar-refractivity contribution is -0.159. The quantitative estimate of drug-likeness (QED) is 0.139. The number of carbonyl (C=O) groups excluding carboxylic acids is 2. The molecular weight excluding hydrogens is 336 g/mol. The standard InChI is InChI=1S/C24H46O3/c1-5-15-21(3)17-11-7-9-13-19-23(25)27-24(26)20-14-10-8-12-18-22(4)16-6-2/h21-22H,5-20H2,1-4H3. The zero-order chi connectivity index (χ0) is 20.3. The van der Waals surface area contributed by atoms with Crippen molar-refractivity contribution in [3.63, 3.8) is 0 Å². The van der Waals surface area contributed by atoms with E-state index in [1.807, 2.05) is 0 Å². The third kappa shape index (κ3) is 18.3. The summed E-state index contributed by atoms with van der Waals surface area (Å²) in [6.45, 7) is 9.11. The molecule has 0 radical (unpaired) electrons. The van der Waals surface area contributed by atoms with Crippen LogP contribution in [0.4, 0.5) is 0 Å². The normalized spacial score (nSPS) is 13.3. The summed E-state index contributed by atoms with van der Waals surface area (Å²) in [5, 5.41) is 0. The smallest absolute Gasteiger partial charge is 0.313 e. The maximum Gasteiger partial charge on any atom is 0.313 e. The maximum atomic E-state index is 11.7. The molecule has 0 heterocycles. The van der Waals surface area contributed by atoms with Gasteiger partial charge in [0.15, 0.2) is 0 Å². The molecule has 2 atom stereocenters. The van der Waals surface area contributed by atoms with Crippen LogP contribution in [0.1, 0.15) is 130 Å². The van der Waals surface area contributed by atoms with E-state index in [0.717, 1.165) is 37.5 Å². The number of hydrogen-bond acceptors (Lipinski definition) is 3. The van der Waals surface area contributed by atoms with Gasteiger partial charge in [0.1, 0.15) is 0 Å². The van der Waals surface area contributed by atoms with Gasteiger partial charge in [0.25, 0.3) is 0 Å². The van der Waals surface area contributed by atoms with Crippen LogP contribution in [0, 0.1) is 11.8 Å². The molecule has 0 rings (SSSR count). The predicted molar refractivity (Wildman–Crippen MR) is 115 cm³/mol. The summed E-state index contributed by atoms with van der Waals surface area (Å²) < 4.78 is 4.93. The van der Waals surface area contributed by atoms with E-state index in [1.165, 1.54) is 64.2 Å². The van der Waals surface area contributed by atoms with E-state index in [9.17, 15) is 9.59 Å². The molecule has 0 bridgehead atoms. The monoisotopic (exact) mass is 382 g/mol. The van der Waals surface area contributed by atoms with Gasteiger partial charge in [-0.3, -0.25) is 9.59 Å². The molecule has 3 heteroatoms. The van der Waals surface area contributed by atoms with Gasteiger partial charge in [-0.1, -0.05) is 105 Å². The van der Waals surface area contributed by atoms with Crippen molar-refractivity contribution in [2.24, 2.45) is 11.8 Å².